The molecule has 1 aliphatic carbocycles. The van der Waals surface area contributed by atoms with Gasteiger partial charge in [-0.05, 0) is 46.2 Å². The highest BCUT2D eigenvalue weighted by Crippen LogP contribution is 2.34. The zero-order valence-corrected chi connectivity index (χ0v) is 11.3. The van der Waals surface area contributed by atoms with Crippen LogP contribution in [0.1, 0.15) is 22.3 Å². The minimum atomic E-state index is 1.05. The second-order valence-corrected chi connectivity index (χ2v) is 5.43. The van der Waals surface area contributed by atoms with Crippen LogP contribution in [0.3, 0.4) is 0 Å². The van der Waals surface area contributed by atoms with Gasteiger partial charge in [-0.1, -0.05) is 72.8 Å². The van der Waals surface area contributed by atoms with E-state index in [1.54, 1.807) is 0 Å². The van der Waals surface area contributed by atoms with Crippen molar-refractivity contribution in [1.29, 1.82) is 0 Å². The van der Waals surface area contributed by atoms with Gasteiger partial charge in [0.25, 0.3) is 0 Å². The van der Waals surface area contributed by atoms with Crippen LogP contribution < -0.4 is 0 Å². The van der Waals surface area contributed by atoms with Crippen LogP contribution >= 0.6 is 0 Å². The maximum Gasteiger partial charge on any atom is -0.00139 e. The summed E-state index contributed by atoms with van der Waals surface area (Å²) >= 11 is 0. The Morgan fingerprint density at radius 3 is 1.95 bits per heavy atom. The summed E-state index contributed by atoms with van der Waals surface area (Å²) in [5, 5.41) is 0. The molecule has 3 aromatic rings. The normalized spacial score (nSPS) is 12.6. The number of fused-ring (bicyclic) bond motifs is 2. The molecule has 0 amide bonds. The van der Waals surface area contributed by atoms with Crippen LogP contribution in [0.15, 0.2) is 72.8 Å². The minimum absolute atomic E-state index is 1.05. The van der Waals surface area contributed by atoms with Gasteiger partial charge in [-0.3, -0.25) is 0 Å². The molecular formula is C20H16. The average molecular weight is 256 g/mol. The molecule has 0 atom stereocenters. The smallest absolute Gasteiger partial charge is 0.00139 e. The summed E-state index contributed by atoms with van der Waals surface area (Å²) in [7, 11) is 0. The Hall–Kier alpha value is -2.34. The molecule has 0 saturated heterocycles. The Morgan fingerprint density at radius 1 is 0.500 bits per heavy atom. The molecule has 0 fully saturated rings. The molecule has 4 rings (SSSR count). The lowest BCUT2D eigenvalue weighted by Crippen LogP contribution is -2.08. The van der Waals surface area contributed by atoms with Crippen molar-refractivity contribution in [2.75, 3.05) is 0 Å². The van der Waals surface area contributed by atoms with E-state index in [9.17, 15) is 0 Å². The Morgan fingerprint density at radius 2 is 1.15 bits per heavy atom. The molecule has 0 unspecified atom stereocenters. The number of rotatable bonds is 1. The minimum Gasteiger partial charge on any atom is -0.0622 e. The first-order chi connectivity index (χ1) is 9.92. The highest BCUT2D eigenvalue weighted by molar-refractivity contribution is 5.70. The molecular weight excluding hydrogens is 240 g/mol. The second-order valence-electron chi connectivity index (χ2n) is 5.43. The summed E-state index contributed by atoms with van der Waals surface area (Å²) in [4.78, 5) is 0. The maximum atomic E-state index is 2.28. The van der Waals surface area contributed by atoms with Gasteiger partial charge in [-0.2, -0.15) is 0 Å². The van der Waals surface area contributed by atoms with Gasteiger partial charge < -0.3 is 0 Å². The molecule has 0 nitrogen and oxygen atoms in total. The van der Waals surface area contributed by atoms with Crippen molar-refractivity contribution >= 4 is 0 Å². The summed E-state index contributed by atoms with van der Waals surface area (Å²) in [6, 6.07) is 26.2. The molecule has 0 aliphatic heterocycles. The lowest BCUT2D eigenvalue weighted by Gasteiger charge is -2.22. The largest absolute Gasteiger partial charge is 0.0622 e. The van der Waals surface area contributed by atoms with Crippen LogP contribution in [0, 0.1) is 0 Å². The third-order valence-electron chi connectivity index (χ3n) is 4.22. The van der Waals surface area contributed by atoms with Gasteiger partial charge >= 0.3 is 0 Å². The summed E-state index contributed by atoms with van der Waals surface area (Å²) in [6.45, 7) is 0. The van der Waals surface area contributed by atoms with E-state index in [1.807, 2.05) is 0 Å². The average Bonchev–Trinajstić information content (AvgIpc) is 2.53. The van der Waals surface area contributed by atoms with Gasteiger partial charge in [0.1, 0.15) is 0 Å². The Kier molecular flexibility index (Phi) is 2.67. The third kappa shape index (κ3) is 1.85. The first-order valence-electron chi connectivity index (χ1n) is 7.15. The Labute approximate surface area is 119 Å². The number of hydrogen-bond acceptors (Lipinski definition) is 0. The van der Waals surface area contributed by atoms with E-state index in [0.717, 1.165) is 12.8 Å². The maximum absolute atomic E-state index is 2.28. The molecule has 1 aliphatic rings. The lowest BCUT2D eigenvalue weighted by atomic mass is 9.82. The molecule has 0 saturated carbocycles. The Balaban J connectivity index is 1.87. The van der Waals surface area contributed by atoms with Crippen molar-refractivity contribution in [3.8, 4) is 11.1 Å². The highest BCUT2D eigenvalue weighted by Gasteiger charge is 2.17. The fraction of sp³-hybridized carbons (Fsp3) is 0.100. The van der Waals surface area contributed by atoms with Crippen LogP contribution in [-0.2, 0) is 12.8 Å². The molecule has 0 spiro atoms. The van der Waals surface area contributed by atoms with Gasteiger partial charge in [0, 0.05) is 0 Å². The molecule has 0 N–H and O–H groups in total. The van der Waals surface area contributed by atoms with E-state index in [4.69, 9.17) is 0 Å². The van der Waals surface area contributed by atoms with Crippen LogP contribution in [0.2, 0.25) is 0 Å². The lowest BCUT2D eigenvalue weighted by molar-refractivity contribution is 1.00. The number of hydrogen-bond donors (Lipinski definition) is 0. The summed E-state index contributed by atoms with van der Waals surface area (Å²) < 4.78 is 0. The van der Waals surface area contributed by atoms with Gasteiger partial charge in [-0.25, -0.2) is 0 Å². The van der Waals surface area contributed by atoms with E-state index in [1.165, 1.54) is 33.4 Å². The van der Waals surface area contributed by atoms with Crippen LogP contribution in [-0.4, -0.2) is 0 Å². The summed E-state index contributed by atoms with van der Waals surface area (Å²) in [5.74, 6) is 0. The van der Waals surface area contributed by atoms with Crippen molar-refractivity contribution in [3.63, 3.8) is 0 Å². The predicted octanol–water partition coefficient (Wildman–Crippen LogP) is 4.85. The molecule has 20 heavy (non-hydrogen) atoms. The van der Waals surface area contributed by atoms with Crippen molar-refractivity contribution < 1.29 is 0 Å². The van der Waals surface area contributed by atoms with E-state index >= 15 is 0 Å². The molecule has 0 heteroatoms. The van der Waals surface area contributed by atoms with Crippen molar-refractivity contribution in [1.82, 2.24) is 0 Å². The quantitative estimate of drug-likeness (QED) is 0.457. The fourth-order valence-corrected chi connectivity index (χ4v) is 3.20. The van der Waals surface area contributed by atoms with Crippen LogP contribution in [0.5, 0.6) is 0 Å². The molecule has 3 aromatic carbocycles. The fourth-order valence-electron chi connectivity index (χ4n) is 3.20. The SMILES string of the molecule is c1ccc(-c2cccc3c2Cc2ccccc2C3)cc1. The van der Waals surface area contributed by atoms with E-state index in [0.29, 0.717) is 0 Å². The third-order valence-corrected chi connectivity index (χ3v) is 4.22. The van der Waals surface area contributed by atoms with E-state index < -0.39 is 0 Å². The van der Waals surface area contributed by atoms with Gasteiger partial charge in [0.05, 0.1) is 0 Å². The predicted molar refractivity (Wildman–Crippen MR) is 83.9 cm³/mol. The van der Waals surface area contributed by atoms with E-state index in [2.05, 4.69) is 72.8 Å². The Bertz CT molecular complexity index is 754. The first kappa shape index (κ1) is 11.5. The molecule has 0 radical (unpaired) electrons. The van der Waals surface area contributed by atoms with Crippen molar-refractivity contribution in [3.05, 3.63) is 95.1 Å². The first-order valence-corrected chi connectivity index (χ1v) is 7.15. The van der Waals surface area contributed by atoms with Gasteiger partial charge in [0.2, 0.25) is 0 Å². The summed E-state index contributed by atoms with van der Waals surface area (Å²) in [6.07, 6.45) is 2.11. The molecule has 0 bridgehead atoms. The zero-order chi connectivity index (χ0) is 13.4. The second kappa shape index (κ2) is 4.64. The molecule has 0 heterocycles. The van der Waals surface area contributed by atoms with E-state index in [-0.39, 0.29) is 0 Å². The molecule has 96 valence electrons. The molecule has 0 aromatic heterocycles. The van der Waals surface area contributed by atoms with Crippen LogP contribution in [0.25, 0.3) is 11.1 Å². The number of benzene rings is 3. The zero-order valence-electron chi connectivity index (χ0n) is 11.3. The van der Waals surface area contributed by atoms with Gasteiger partial charge in [0.15, 0.2) is 0 Å². The van der Waals surface area contributed by atoms with Crippen molar-refractivity contribution in [2.24, 2.45) is 0 Å². The monoisotopic (exact) mass is 256 g/mol. The van der Waals surface area contributed by atoms with Gasteiger partial charge in [-0.15, -0.1) is 0 Å². The topological polar surface area (TPSA) is 0 Å². The standard InChI is InChI=1S/C20H16/c1-2-7-15(8-3-1)19-12-6-11-18-13-16-9-4-5-10-17(16)14-20(18)19/h1-12H,13-14H2. The van der Waals surface area contributed by atoms with Crippen LogP contribution in [0.4, 0.5) is 0 Å². The van der Waals surface area contributed by atoms with Crippen molar-refractivity contribution in [2.45, 2.75) is 12.8 Å². The highest BCUT2D eigenvalue weighted by atomic mass is 14.2. The summed E-state index contributed by atoms with van der Waals surface area (Å²) in [5.41, 5.74) is 8.64.